The highest BCUT2D eigenvalue weighted by atomic mass is 32.2. The van der Waals surface area contributed by atoms with Crippen molar-refractivity contribution in [2.75, 3.05) is 31.7 Å². The van der Waals surface area contributed by atoms with Crippen LogP contribution in [0, 0.1) is 13.8 Å². The maximum Gasteiger partial charge on any atom is 0.191 e. The zero-order valence-corrected chi connectivity index (χ0v) is 16.7. The molecule has 0 aliphatic heterocycles. The molecule has 0 amide bonds. The van der Waals surface area contributed by atoms with E-state index in [-0.39, 0.29) is 11.8 Å². The van der Waals surface area contributed by atoms with Crippen molar-refractivity contribution >= 4 is 15.8 Å². The van der Waals surface area contributed by atoms with Gasteiger partial charge in [0.15, 0.2) is 5.96 Å². The summed E-state index contributed by atoms with van der Waals surface area (Å²) >= 11 is 0. The quantitative estimate of drug-likeness (QED) is 0.396. The van der Waals surface area contributed by atoms with Crippen LogP contribution >= 0.6 is 0 Å². The molecule has 6 nitrogen and oxygen atoms in total. The Morgan fingerprint density at radius 2 is 1.92 bits per heavy atom. The fourth-order valence-corrected chi connectivity index (χ4v) is 3.13. The lowest BCUT2D eigenvalue weighted by molar-refractivity contribution is 0.324. The molecule has 0 bridgehead atoms. The van der Waals surface area contributed by atoms with E-state index < -0.39 is 9.84 Å². The Morgan fingerprint density at radius 3 is 2.48 bits per heavy atom. The van der Waals surface area contributed by atoms with Crippen molar-refractivity contribution in [3.05, 3.63) is 29.3 Å². The molecule has 2 N–H and O–H groups in total. The van der Waals surface area contributed by atoms with Crippen LogP contribution in [0.15, 0.2) is 23.2 Å². The SMILES string of the molecule is CCNC(=NCCOc1c(C)cccc1C)NC(C)CCS(C)(=O)=O. The number of aryl methyl sites for hydroxylation is 2. The van der Waals surface area contributed by atoms with Crippen LogP contribution in [0.25, 0.3) is 0 Å². The highest BCUT2D eigenvalue weighted by Crippen LogP contribution is 2.21. The minimum atomic E-state index is -2.95. The summed E-state index contributed by atoms with van der Waals surface area (Å²) in [5.74, 6) is 1.75. The molecule has 1 unspecified atom stereocenters. The number of rotatable bonds is 9. The van der Waals surface area contributed by atoms with Gasteiger partial charge in [0, 0.05) is 18.8 Å². The smallest absolute Gasteiger partial charge is 0.191 e. The number of guanidine groups is 1. The Bertz CT molecular complexity index is 652. The van der Waals surface area contributed by atoms with Crippen LogP contribution in [0.2, 0.25) is 0 Å². The van der Waals surface area contributed by atoms with Crippen molar-refractivity contribution in [1.29, 1.82) is 0 Å². The van der Waals surface area contributed by atoms with Crippen LogP contribution in [-0.2, 0) is 9.84 Å². The first kappa shape index (κ1) is 21.3. The second kappa shape index (κ2) is 10.3. The summed E-state index contributed by atoms with van der Waals surface area (Å²) in [6.45, 7) is 9.74. The normalized spacial score (nSPS) is 13.4. The highest BCUT2D eigenvalue weighted by Gasteiger charge is 2.09. The Kier molecular flexibility index (Phi) is 8.75. The molecule has 0 saturated heterocycles. The lowest BCUT2D eigenvalue weighted by Crippen LogP contribution is -2.43. The molecule has 25 heavy (non-hydrogen) atoms. The molecule has 0 aliphatic rings. The van der Waals surface area contributed by atoms with Crippen LogP contribution < -0.4 is 15.4 Å². The van der Waals surface area contributed by atoms with Gasteiger partial charge in [-0.05, 0) is 45.2 Å². The zero-order chi connectivity index (χ0) is 18.9. The molecule has 7 heteroatoms. The average Bonchev–Trinajstić information content (AvgIpc) is 2.51. The maximum atomic E-state index is 11.3. The van der Waals surface area contributed by atoms with Crippen molar-refractivity contribution in [1.82, 2.24) is 10.6 Å². The van der Waals surface area contributed by atoms with Gasteiger partial charge in [0.25, 0.3) is 0 Å². The van der Waals surface area contributed by atoms with Gasteiger partial charge in [-0.2, -0.15) is 0 Å². The monoisotopic (exact) mass is 369 g/mol. The number of hydrogen-bond donors (Lipinski definition) is 2. The molecule has 1 atom stereocenters. The molecular weight excluding hydrogens is 338 g/mol. The molecular formula is C18H31N3O3S. The summed E-state index contributed by atoms with van der Waals surface area (Å²) in [4.78, 5) is 4.49. The van der Waals surface area contributed by atoms with Crippen molar-refractivity contribution in [2.24, 2.45) is 4.99 Å². The van der Waals surface area contributed by atoms with Crippen LogP contribution in [0.4, 0.5) is 0 Å². The lowest BCUT2D eigenvalue weighted by atomic mass is 10.1. The molecule has 0 aliphatic carbocycles. The van der Waals surface area contributed by atoms with Crippen LogP contribution in [0.5, 0.6) is 5.75 Å². The molecule has 1 aromatic rings. The van der Waals surface area contributed by atoms with Gasteiger partial charge in [0.1, 0.15) is 22.2 Å². The number of nitrogens with one attached hydrogen (secondary N) is 2. The predicted octanol–water partition coefficient (Wildman–Crippen LogP) is 2.06. The summed E-state index contributed by atoms with van der Waals surface area (Å²) in [7, 11) is -2.95. The molecule has 0 fully saturated rings. The van der Waals surface area contributed by atoms with E-state index in [1.807, 2.05) is 45.9 Å². The lowest BCUT2D eigenvalue weighted by Gasteiger charge is -2.17. The highest BCUT2D eigenvalue weighted by molar-refractivity contribution is 7.90. The number of hydrogen-bond acceptors (Lipinski definition) is 4. The summed E-state index contributed by atoms with van der Waals surface area (Å²) in [6.07, 6.45) is 1.80. The number of aliphatic imine (C=N–C) groups is 1. The largest absolute Gasteiger partial charge is 0.491 e. The van der Waals surface area contributed by atoms with Crippen LogP contribution in [-0.4, -0.2) is 52.1 Å². The topological polar surface area (TPSA) is 79.8 Å². The van der Waals surface area contributed by atoms with Crippen molar-refractivity contribution in [2.45, 2.75) is 40.2 Å². The molecule has 1 aromatic carbocycles. The Hall–Kier alpha value is -1.76. The van der Waals surface area contributed by atoms with Gasteiger partial charge in [0.2, 0.25) is 0 Å². The fraction of sp³-hybridized carbons (Fsp3) is 0.611. The number of para-hydroxylation sites is 1. The minimum Gasteiger partial charge on any atom is -0.491 e. The van der Waals surface area contributed by atoms with E-state index in [9.17, 15) is 8.42 Å². The molecule has 0 heterocycles. The number of nitrogens with zero attached hydrogens (tertiary/aromatic N) is 1. The summed E-state index contributed by atoms with van der Waals surface area (Å²) in [5.41, 5.74) is 2.23. The van der Waals surface area contributed by atoms with E-state index in [0.717, 1.165) is 23.4 Å². The van der Waals surface area contributed by atoms with E-state index in [4.69, 9.17) is 4.74 Å². The first-order chi connectivity index (χ1) is 11.7. The van der Waals surface area contributed by atoms with Gasteiger partial charge in [-0.3, -0.25) is 0 Å². The average molecular weight is 370 g/mol. The zero-order valence-electron chi connectivity index (χ0n) is 15.9. The van der Waals surface area contributed by atoms with Gasteiger partial charge in [-0.15, -0.1) is 0 Å². The molecule has 0 spiro atoms. The van der Waals surface area contributed by atoms with Crippen LogP contribution in [0.3, 0.4) is 0 Å². The van der Waals surface area contributed by atoms with E-state index in [0.29, 0.717) is 25.5 Å². The Balaban J connectivity index is 2.52. The second-order valence-electron chi connectivity index (χ2n) is 6.29. The first-order valence-electron chi connectivity index (χ1n) is 8.64. The summed E-state index contributed by atoms with van der Waals surface area (Å²) in [5, 5.41) is 6.40. The molecule has 1 rings (SSSR count). The van der Waals surface area contributed by atoms with Crippen LogP contribution in [0.1, 0.15) is 31.4 Å². The minimum absolute atomic E-state index is 0.0204. The third-order valence-corrected chi connectivity index (χ3v) is 4.64. The van der Waals surface area contributed by atoms with Crippen molar-refractivity contribution < 1.29 is 13.2 Å². The van der Waals surface area contributed by atoms with Gasteiger partial charge < -0.3 is 15.4 Å². The summed E-state index contributed by atoms with van der Waals surface area (Å²) in [6, 6.07) is 6.09. The van der Waals surface area contributed by atoms with E-state index >= 15 is 0 Å². The van der Waals surface area contributed by atoms with Gasteiger partial charge >= 0.3 is 0 Å². The van der Waals surface area contributed by atoms with E-state index in [1.54, 1.807) is 0 Å². The third-order valence-electron chi connectivity index (χ3n) is 3.67. The standard InChI is InChI=1S/C18H31N3O3S/c1-6-19-18(21-16(4)10-13-25(5,22)23)20-11-12-24-17-14(2)8-7-9-15(17)3/h7-9,16H,6,10-13H2,1-5H3,(H2,19,20,21). The number of sulfone groups is 1. The first-order valence-corrected chi connectivity index (χ1v) is 10.7. The molecule has 0 aromatic heterocycles. The van der Waals surface area contributed by atoms with Gasteiger partial charge in [-0.1, -0.05) is 18.2 Å². The Labute approximate surface area is 152 Å². The maximum absolute atomic E-state index is 11.3. The van der Waals surface area contributed by atoms with Gasteiger partial charge in [-0.25, -0.2) is 13.4 Å². The molecule has 142 valence electrons. The second-order valence-corrected chi connectivity index (χ2v) is 8.55. The van der Waals surface area contributed by atoms with Crippen molar-refractivity contribution in [3.63, 3.8) is 0 Å². The van der Waals surface area contributed by atoms with Crippen molar-refractivity contribution in [3.8, 4) is 5.75 Å². The van der Waals surface area contributed by atoms with E-state index in [1.165, 1.54) is 6.26 Å². The summed E-state index contributed by atoms with van der Waals surface area (Å²) < 4.78 is 28.4. The molecule has 0 saturated carbocycles. The fourth-order valence-electron chi connectivity index (χ4n) is 2.35. The number of ether oxygens (including phenoxy) is 1. The number of benzene rings is 1. The van der Waals surface area contributed by atoms with Gasteiger partial charge in [0.05, 0.1) is 12.3 Å². The van der Waals surface area contributed by atoms with E-state index in [2.05, 4.69) is 15.6 Å². The molecule has 0 radical (unpaired) electrons. The Morgan fingerprint density at radius 1 is 1.28 bits per heavy atom. The third kappa shape index (κ3) is 8.77. The predicted molar refractivity (Wildman–Crippen MR) is 104 cm³/mol.